The third-order valence-corrected chi connectivity index (χ3v) is 3.19. The molecule has 6 heteroatoms. The molecule has 0 aliphatic heterocycles. The minimum Gasteiger partial charge on any atom is -0.355 e. The molecule has 1 fully saturated rings. The van der Waals surface area contributed by atoms with Crippen molar-refractivity contribution in [3.8, 4) is 0 Å². The molecule has 6 nitrogen and oxygen atoms in total. The van der Waals surface area contributed by atoms with Crippen LogP contribution < -0.4 is 10.6 Å². The Hall–Kier alpha value is -1.85. The predicted octanol–water partition coefficient (Wildman–Crippen LogP) is 0.819. The lowest BCUT2D eigenvalue weighted by molar-refractivity contribution is -0.122. The molecule has 18 heavy (non-hydrogen) atoms. The molecule has 3 N–H and O–H groups in total. The molecule has 0 aromatic carbocycles. The second kappa shape index (κ2) is 5.20. The van der Waals surface area contributed by atoms with Crippen molar-refractivity contribution in [3.63, 3.8) is 0 Å². The molecular formula is C12H18N4O2. The summed E-state index contributed by atoms with van der Waals surface area (Å²) in [6.07, 6.45) is 2.88. The van der Waals surface area contributed by atoms with Gasteiger partial charge in [-0.15, -0.1) is 0 Å². The van der Waals surface area contributed by atoms with Crippen LogP contribution in [0, 0.1) is 18.8 Å². The zero-order chi connectivity index (χ0) is 13.1. The monoisotopic (exact) mass is 250 g/mol. The Morgan fingerprint density at radius 3 is 2.83 bits per heavy atom. The van der Waals surface area contributed by atoms with Crippen LogP contribution in [0.15, 0.2) is 6.20 Å². The largest absolute Gasteiger partial charge is 0.355 e. The molecule has 2 atom stereocenters. The fourth-order valence-electron chi connectivity index (χ4n) is 1.79. The highest BCUT2D eigenvalue weighted by Gasteiger charge is 2.38. The van der Waals surface area contributed by atoms with Crippen LogP contribution in [0.2, 0.25) is 0 Å². The van der Waals surface area contributed by atoms with Gasteiger partial charge < -0.3 is 10.6 Å². The fraction of sp³-hybridized carbons (Fsp3) is 0.583. The first-order chi connectivity index (χ1) is 8.58. The molecule has 1 saturated carbocycles. The number of rotatable bonds is 5. The molecule has 1 aliphatic rings. The standard InChI is InChI=1S/C12H18N4O2/c1-7-5-9(7)12(18)13-4-3-10(17)15-11-8(2)6-14-16-11/h6-7,9H,3-5H2,1-2H3,(H,13,18)(H2,14,15,16,17). The van der Waals surface area contributed by atoms with Gasteiger partial charge in [0, 0.05) is 24.4 Å². The zero-order valence-corrected chi connectivity index (χ0v) is 10.6. The normalized spacial score (nSPS) is 21.4. The van der Waals surface area contributed by atoms with E-state index < -0.39 is 0 Å². The molecule has 2 rings (SSSR count). The highest BCUT2D eigenvalue weighted by Crippen LogP contribution is 2.37. The van der Waals surface area contributed by atoms with E-state index in [9.17, 15) is 9.59 Å². The summed E-state index contributed by atoms with van der Waals surface area (Å²) in [5.41, 5.74) is 0.888. The summed E-state index contributed by atoms with van der Waals surface area (Å²) in [5.74, 6) is 1.19. The average molecular weight is 250 g/mol. The quantitative estimate of drug-likeness (QED) is 0.723. The first-order valence-corrected chi connectivity index (χ1v) is 6.15. The van der Waals surface area contributed by atoms with Gasteiger partial charge in [0.15, 0.2) is 0 Å². The molecular weight excluding hydrogens is 232 g/mol. The van der Waals surface area contributed by atoms with E-state index >= 15 is 0 Å². The summed E-state index contributed by atoms with van der Waals surface area (Å²) in [4.78, 5) is 23.1. The van der Waals surface area contributed by atoms with Crippen LogP contribution in [0.3, 0.4) is 0 Å². The number of carbonyl (C=O) groups is 2. The predicted molar refractivity (Wildman–Crippen MR) is 66.9 cm³/mol. The smallest absolute Gasteiger partial charge is 0.227 e. The zero-order valence-electron chi connectivity index (χ0n) is 10.6. The molecule has 2 amide bonds. The summed E-state index contributed by atoms with van der Waals surface area (Å²) in [6.45, 7) is 4.29. The number of H-pyrrole nitrogens is 1. The van der Waals surface area contributed by atoms with E-state index in [1.807, 2.05) is 6.92 Å². The van der Waals surface area contributed by atoms with Crippen LogP contribution in [-0.4, -0.2) is 28.6 Å². The minimum atomic E-state index is -0.133. The number of nitrogens with zero attached hydrogens (tertiary/aromatic N) is 1. The van der Waals surface area contributed by atoms with Crippen LogP contribution >= 0.6 is 0 Å². The van der Waals surface area contributed by atoms with E-state index in [0.717, 1.165) is 12.0 Å². The fourth-order valence-corrected chi connectivity index (χ4v) is 1.79. The Morgan fingerprint density at radius 1 is 1.56 bits per heavy atom. The topological polar surface area (TPSA) is 86.9 Å². The van der Waals surface area contributed by atoms with Gasteiger partial charge in [-0.3, -0.25) is 14.7 Å². The Labute approximate surface area is 106 Å². The van der Waals surface area contributed by atoms with Crippen LogP contribution in [-0.2, 0) is 9.59 Å². The molecule has 0 spiro atoms. The SMILES string of the molecule is Cc1cn[nH]c1NC(=O)CCNC(=O)C1CC1C. The van der Waals surface area contributed by atoms with E-state index in [-0.39, 0.29) is 24.2 Å². The number of hydrogen-bond acceptors (Lipinski definition) is 3. The molecule has 2 unspecified atom stereocenters. The van der Waals surface area contributed by atoms with E-state index in [2.05, 4.69) is 27.8 Å². The average Bonchev–Trinajstić information content (AvgIpc) is 2.92. The van der Waals surface area contributed by atoms with Crippen molar-refractivity contribution in [2.45, 2.75) is 26.7 Å². The van der Waals surface area contributed by atoms with Crippen molar-refractivity contribution < 1.29 is 9.59 Å². The van der Waals surface area contributed by atoms with Gasteiger partial charge >= 0.3 is 0 Å². The maximum Gasteiger partial charge on any atom is 0.227 e. The van der Waals surface area contributed by atoms with Gasteiger partial charge in [-0.05, 0) is 19.3 Å². The number of aryl methyl sites for hydroxylation is 1. The summed E-state index contributed by atoms with van der Waals surface area (Å²) in [6, 6.07) is 0. The highest BCUT2D eigenvalue weighted by atomic mass is 16.2. The second-order valence-electron chi connectivity index (χ2n) is 4.84. The van der Waals surface area contributed by atoms with Gasteiger partial charge in [-0.2, -0.15) is 5.10 Å². The van der Waals surface area contributed by atoms with Gasteiger partial charge in [0.25, 0.3) is 0 Å². The maximum atomic E-state index is 11.6. The van der Waals surface area contributed by atoms with Gasteiger partial charge in [0.05, 0.1) is 6.20 Å². The number of aromatic nitrogens is 2. The van der Waals surface area contributed by atoms with E-state index in [1.165, 1.54) is 0 Å². The van der Waals surface area contributed by atoms with Crippen LogP contribution in [0.25, 0.3) is 0 Å². The van der Waals surface area contributed by atoms with Crippen molar-refractivity contribution in [2.24, 2.45) is 11.8 Å². The Balaban J connectivity index is 1.66. The molecule has 1 aromatic rings. The lowest BCUT2D eigenvalue weighted by atomic mass is 10.3. The first-order valence-electron chi connectivity index (χ1n) is 6.15. The summed E-state index contributed by atoms with van der Waals surface area (Å²) >= 11 is 0. The van der Waals surface area contributed by atoms with Crippen molar-refractivity contribution >= 4 is 17.6 Å². The van der Waals surface area contributed by atoms with Crippen LogP contribution in [0.4, 0.5) is 5.82 Å². The first kappa shape index (κ1) is 12.6. The van der Waals surface area contributed by atoms with Crippen molar-refractivity contribution in [3.05, 3.63) is 11.8 Å². The summed E-state index contributed by atoms with van der Waals surface area (Å²) in [5, 5.41) is 12.0. The molecule has 0 bridgehead atoms. The van der Waals surface area contributed by atoms with Crippen molar-refractivity contribution in [2.75, 3.05) is 11.9 Å². The highest BCUT2D eigenvalue weighted by molar-refractivity contribution is 5.91. The molecule has 1 heterocycles. The Morgan fingerprint density at radius 2 is 2.28 bits per heavy atom. The molecule has 0 radical (unpaired) electrons. The van der Waals surface area contributed by atoms with E-state index in [0.29, 0.717) is 18.3 Å². The summed E-state index contributed by atoms with van der Waals surface area (Å²) < 4.78 is 0. The molecule has 0 saturated heterocycles. The number of anilines is 1. The van der Waals surface area contributed by atoms with Gasteiger partial charge in [0.2, 0.25) is 11.8 Å². The third-order valence-electron chi connectivity index (χ3n) is 3.19. The molecule has 1 aromatic heterocycles. The van der Waals surface area contributed by atoms with Gasteiger partial charge in [-0.1, -0.05) is 6.92 Å². The number of nitrogens with one attached hydrogen (secondary N) is 3. The number of hydrogen-bond donors (Lipinski definition) is 3. The Kier molecular flexibility index (Phi) is 3.64. The number of carbonyl (C=O) groups excluding carboxylic acids is 2. The van der Waals surface area contributed by atoms with Gasteiger partial charge in [0.1, 0.15) is 5.82 Å². The lowest BCUT2D eigenvalue weighted by Crippen LogP contribution is -2.29. The molecule has 1 aliphatic carbocycles. The third kappa shape index (κ3) is 3.09. The maximum absolute atomic E-state index is 11.6. The second-order valence-corrected chi connectivity index (χ2v) is 4.84. The van der Waals surface area contributed by atoms with Crippen LogP contribution in [0.5, 0.6) is 0 Å². The Bertz CT molecular complexity index is 455. The number of amides is 2. The van der Waals surface area contributed by atoms with E-state index in [1.54, 1.807) is 6.20 Å². The number of aromatic amines is 1. The van der Waals surface area contributed by atoms with Crippen molar-refractivity contribution in [1.82, 2.24) is 15.5 Å². The minimum absolute atomic E-state index is 0.0630. The lowest BCUT2D eigenvalue weighted by Gasteiger charge is -2.05. The van der Waals surface area contributed by atoms with Gasteiger partial charge in [-0.25, -0.2) is 0 Å². The van der Waals surface area contributed by atoms with Crippen LogP contribution in [0.1, 0.15) is 25.3 Å². The summed E-state index contributed by atoms with van der Waals surface area (Å²) in [7, 11) is 0. The molecule has 98 valence electrons. The van der Waals surface area contributed by atoms with E-state index in [4.69, 9.17) is 0 Å². The van der Waals surface area contributed by atoms with Crippen molar-refractivity contribution in [1.29, 1.82) is 0 Å².